The predicted molar refractivity (Wildman–Crippen MR) is 241 cm³/mol. The molecule has 4 bridgehead atoms. The summed E-state index contributed by atoms with van der Waals surface area (Å²) in [6.45, 7) is 16.6. The number of aliphatic hydroxyl groups excluding tert-OH is 3. The van der Waals surface area contributed by atoms with Crippen molar-refractivity contribution in [2.75, 3.05) is 26.2 Å². The summed E-state index contributed by atoms with van der Waals surface area (Å²) < 4.78 is 0. The van der Waals surface area contributed by atoms with Gasteiger partial charge in [0.2, 0.25) is 0 Å². The van der Waals surface area contributed by atoms with Crippen LogP contribution in [0, 0.1) is 23.7 Å². The van der Waals surface area contributed by atoms with Gasteiger partial charge in [-0.25, -0.2) is 0 Å². The monoisotopic (exact) mass is 788 g/mol. The standard InChI is InChI=1S/C20H24N2O2.C19H22N2O.C13H14/c1-2-14-11-22-8-6-15(14)10-19(22)20(24)16-5-7-21-18-4-3-13(12-23)9-17(16)18;1-2-13-12-21-10-8-14(13)11-18(21)19(22)16-7-9-20-17-6-4-3-5-15(16)17;1-10(2)12-9-5-7-11-6-3-4-8-13(11)12/h2-5,7,9,14-15,19-20,23-24H,1,6,8,10-12H2;2-7,9,13-14,18-19,22H,1,8,10-12H2;3-10H,1-2H3/t14-,15?,19+,20+;13-,14?,18+,19-;/m00./s1. The van der Waals surface area contributed by atoms with Gasteiger partial charge in [-0.2, -0.15) is 0 Å². The molecule has 6 fully saturated rings. The highest BCUT2D eigenvalue weighted by Gasteiger charge is 2.43. The molecule has 12 rings (SSSR count). The molecular weight excluding hydrogens is 729 g/mol. The minimum atomic E-state index is -0.530. The van der Waals surface area contributed by atoms with Crippen molar-refractivity contribution >= 4 is 32.6 Å². The molecule has 6 aromatic rings. The van der Waals surface area contributed by atoms with Gasteiger partial charge in [-0.3, -0.25) is 19.8 Å². The van der Waals surface area contributed by atoms with Crippen LogP contribution in [0.15, 0.2) is 135 Å². The Hall–Kier alpha value is -4.76. The molecule has 7 nitrogen and oxygen atoms in total. The molecule has 8 heterocycles. The summed E-state index contributed by atoms with van der Waals surface area (Å²) in [5, 5.41) is 36.3. The highest BCUT2D eigenvalue weighted by atomic mass is 16.3. The maximum atomic E-state index is 11.1. The van der Waals surface area contributed by atoms with Crippen LogP contribution in [-0.4, -0.2) is 73.4 Å². The van der Waals surface area contributed by atoms with Crippen molar-refractivity contribution in [1.29, 1.82) is 0 Å². The van der Waals surface area contributed by atoms with Crippen molar-refractivity contribution in [3.63, 3.8) is 0 Å². The molecule has 6 saturated heterocycles. The summed E-state index contributed by atoms with van der Waals surface area (Å²) in [5.74, 6) is 3.05. The Labute approximate surface area is 349 Å². The molecule has 10 atom stereocenters. The number of aliphatic hydroxyl groups is 3. The number of hydrogen-bond donors (Lipinski definition) is 3. The van der Waals surface area contributed by atoms with E-state index in [2.05, 4.69) is 107 Å². The summed E-state index contributed by atoms with van der Waals surface area (Å²) in [6, 6.07) is 33.2. The summed E-state index contributed by atoms with van der Waals surface area (Å²) >= 11 is 0. The number of hydrogen-bond acceptors (Lipinski definition) is 7. The van der Waals surface area contributed by atoms with Crippen molar-refractivity contribution in [1.82, 2.24) is 19.8 Å². The molecule has 0 amide bonds. The van der Waals surface area contributed by atoms with Gasteiger partial charge in [0.1, 0.15) is 0 Å². The maximum Gasteiger partial charge on any atom is 0.0952 e. The third kappa shape index (κ3) is 8.50. The lowest BCUT2D eigenvalue weighted by molar-refractivity contribution is -0.0445. The van der Waals surface area contributed by atoms with E-state index in [1.165, 1.54) is 29.2 Å². The fourth-order valence-corrected chi connectivity index (χ4v) is 10.5. The number of aromatic nitrogens is 2. The SMILES string of the molecule is C=C[C@H]1CN2CCC1C[C@@H]2[C@@H](O)c1ccnc2ccccc12.C=C[C@H]1CN2CCC1C[C@@H]2[C@H](O)c1ccnc2ccc(CO)cc12.CC(C)c1cccc2ccccc12. The second-order valence-electron chi connectivity index (χ2n) is 17.4. The van der Waals surface area contributed by atoms with E-state index in [1.807, 2.05) is 54.7 Å². The Morgan fingerprint density at radius 3 is 1.75 bits per heavy atom. The van der Waals surface area contributed by atoms with Crippen molar-refractivity contribution in [2.24, 2.45) is 23.7 Å². The van der Waals surface area contributed by atoms with E-state index in [-0.39, 0.29) is 18.7 Å². The lowest BCUT2D eigenvalue weighted by atomic mass is 9.73. The Kier molecular flexibility index (Phi) is 12.7. The zero-order valence-electron chi connectivity index (χ0n) is 34.7. The zero-order chi connectivity index (χ0) is 41.0. The fourth-order valence-electron chi connectivity index (χ4n) is 10.5. The zero-order valence-corrected chi connectivity index (χ0v) is 34.7. The Balaban J connectivity index is 0.000000128. The van der Waals surface area contributed by atoms with Crippen LogP contribution in [0.1, 0.15) is 79.9 Å². The first-order chi connectivity index (χ1) is 28.8. The van der Waals surface area contributed by atoms with Gasteiger partial charge in [-0.05, 0) is 132 Å². The molecule has 306 valence electrons. The second kappa shape index (κ2) is 18.2. The largest absolute Gasteiger partial charge is 0.392 e. The number of rotatable bonds is 8. The van der Waals surface area contributed by atoms with E-state index >= 15 is 0 Å². The van der Waals surface area contributed by atoms with Crippen LogP contribution in [0.2, 0.25) is 0 Å². The summed E-state index contributed by atoms with van der Waals surface area (Å²) in [7, 11) is 0. The minimum absolute atomic E-state index is 0.000980. The number of para-hydroxylation sites is 1. The predicted octanol–water partition coefficient (Wildman–Crippen LogP) is 9.78. The minimum Gasteiger partial charge on any atom is -0.392 e. The first-order valence-corrected chi connectivity index (χ1v) is 21.7. The van der Waals surface area contributed by atoms with Crippen molar-refractivity contribution in [2.45, 2.75) is 76.3 Å². The quantitative estimate of drug-likeness (QED) is 0.132. The molecule has 3 N–H and O–H groups in total. The summed E-state index contributed by atoms with van der Waals surface area (Å²) in [4.78, 5) is 13.7. The first-order valence-electron chi connectivity index (χ1n) is 21.7. The number of fused-ring (bicyclic) bond motifs is 9. The molecule has 2 aromatic heterocycles. The third-order valence-electron chi connectivity index (χ3n) is 13.8. The highest BCUT2D eigenvalue weighted by molar-refractivity contribution is 5.86. The molecule has 7 heteroatoms. The van der Waals surface area contributed by atoms with Crippen LogP contribution in [-0.2, 0) is 6.61 Å². The third-order valence-corrected chi connectivity index (χ3v) is 13.8. The normalized spacial score (nSPS) is 26.7. The van der Waals surface area contributed by atoms with Crippen molar-refractivity contribution in [3.8, 4) is 0 Å². The van der Waals surface area contributed by atoms with Gasteiger partial charge in [-0.15, -0.1) is 13.2 Å². The Morgan fingerprint density at radius 2 is 1.19 bits per heavy atom. The van der Waals surface area contributed by atoms with E-state index in [0.717, 1.165) is 77.5 Å². The van der Waals surface area contributed by atoms with E-state index in [1.54, 1.807) is 6.20 Å². The van der Waals surface area contributed by atoms with Gasteiger partial charge in [-0.1, -0.05) is 92.7 Å². The van der Waals surface area contributed by atoms with Crippen molar-refractivity contribution in [3.05, 3.63) is 157 Å². The van der Waals surface area contributed by atoms with Crippen LogP contribution >= 0.6 is 0 Å². The van der Waals surface area contributed by atoms with Gasteiger partial charge < -0.3 is 15.3 Å². The van der Waals surface area contributed by atoms with E-state index < -0.39 is 12.2 Å². The van der Waals surface area contributed by atoms with Gasteiger partial charge >= 0.3 is 0 Å². The maximum absolute atomic E-state index is 11.1. The van der Waals surface area contributed by atoms with E-state index in [0.29, 0.717) is 29.6 Å². The average molecular weight is 789 g/mol. The summed E-state index contributed by atoms with van der Waals surface area (Å²) in [5.41, 5.74) is 6.04. The van der Waals surface area contributed by atoms with Gasteiger partial charge in [0.15, 0.2) is 0 Å². The van der Waals surface area contributed by atoms with Crippen LogP contribution in [0.3, 0.4) is 0 Å². The topological polar surface area (TPSA) is 93.0 Å². The molecule has 59 heavy (non-hydrogen) atoms. The molecule has 0 spiro atoms. The van der Waals surface area contributed by atoms with Gasteiger partial charge in [0.05, 0.1) is 29.8 Å². The molecular formula is C52H60N4O3. The number of nitrogens with zero attached hydrogens (tertiary/aromatic N) is 4. The molecule has 6 aliphatic heterocycles. The lowest BCUT2D eigenvalue weighted by Crippen LogP contribution is -2.54. The molecule has 4 unspecified atom stereocenters. The summed E-state index contributed by atoms with van der Waals surface area (Å²) in [6.07, 6.45) is 11.3. The molecule has 4 aromatic carbocycles. The average Bonchev–Trinajstić information content (AvgIpc) is 3.30. The van der Waals surface area contributed by atoms with Gasteiger partial charge in [0.25, 0.3) is 0 Å². The van der Waals surface area contributed by atoms with Crippen molar-refractivity contribution < 1.29 is 15.3 Å². The fraction of sp³-hybridized carbons (Fsp3) is 0.385. The highest BCUT2D eigenvalue weighted by Crippen LogP contribution is 2.43. The first kappa shape index (κ1) is 41.0. The smallest absolute Gasteiger partial charge is 0.0952 e. The number of pyridine rings is 2. The van der Waals surface area contributed by atoms with Gasteiger partial charge in [0, 0.05) is 48.3 Å². The molecule has 0 saturated carbocycles. The van der Waals surface area contributed by atoms with Crippen LogP contribution in [0.4, 0.5) is 0 Å². The Bertz CT molecular complexity index is 2390. The van der Waals surface area contributed by atoms with Crippen LogP contribution in [0.25, 0.3) is 32.6 Å². The van der Waals surface area contributed by atoms with Crippen LogP contribution < -0.4 is 0 Å². The van der Waals surface area contributed by atoms with E-state index in [9.17, 15) is 15.3 Å². The molecule has 6 aliphatic rings. The molecule has 0 aliphatic carbocycles. The number of benzene rings is 4. The number of piperidine rings is 6. The van der Waals surface area contributed by atoms with E-state index in [4.69, 9.17) is 0 Å². The second-order valence-corrected chi connectivity index (χ2v) is 17.4. The lowest BCUT2D eigenvalue weighted by Gasteiger charge is -2.50. The Morgan fingerprint density at radius 1 is 0.644 bits per heavy atom. The van der Waals surface area contributed by atoms with Crippen LogP contribution in [0.5, 0.6) is 0 Å². The molecule has 0 radical (unpaired) electrons.